The van der Waals surface area contributed by atoms with Crippen molar-refractivity contribution < 1.29 is 19.1 Å². The van der Waals surface area contributed by atoms with E-state index in [0.29, 0.717) is 5.56 Å². The molecule has 0 fully saturated rings. The van der Waals surface area contributed by atoms with Crippen molar-refractivity contribution in [2.75, 3.05) is 20.0 Å². The Balaban J connectivity index is 1.85. The summed E-state index contributed by atoms with van der Waals surface area (Å²) in [5, 5.41) is 0. The van der Waals surface area contributed by atoms with Gasteiger partial charge in [0.2, 0.25) is 0 Å². The first-order chi connectivity index (χ1) is 11.6. The van der Waals surface area contributed by atoms with Crippen molar-refractivity contribution in [3.05, 3.63) is 65.7 Å². The number of hydrogen-bond donors (Lipinski definition) is 0. The number of ketones is 1. The smallest absolute Gasteiger partial charge is 0.331 e. The maximum absolute atomic E-state index is 12.0. The van der Waals surface area contributed by atoms with Crippen LogP contribution in [0.5, 0.6) is 5.75 Å². The van der Waals surface area contributed by atoms with Gasteiger partial charge in [0.25, 0.3) is 0 Å². The number of carbonyl (C=O) groups is 2. The summed E-state index contributed by atoms with van der Waals surface area (Å²) in [5.74, 6) is -0.0402. The number of ether oxygens (including phenoxy) is 2. The largest absolute Gasteiger partial charge is 0.497 e. The van der Waals surface area contributed by atoms with Crippen LogP contribution in [0.3, 0.4) is 0 Å². The Kier molecular flexibility index (Phi) is 6.63. The van der Waals surface area contributed by atoms with E-state index in [1.54, 1.807) is 49.2 Å². The Bertz CT molecular complexity index is 718. The molecule has 0 saturated carbocycles. The van der Waals surface area contributed by atoms with Crippen LogP contribution in [-0.4, -0.2) is 31.7 Å². The van der Waals surface area contributed by atoms with Crippen molar-refractivity contribution in [3.63, 3.8) is 0 Å². The average molecular weight is 342 g/mol. The van der Waals surface area contributed by atoms with E-state index >= 15 is 0 Å². The summed E-state index contributed by atoms with van der Waals surface area (Å²) in [4.78, 5) is 24.7. The van der Waals surface area contributed by atoms with Crippen LogP contribution >= 0.6 is 11.8 Å². The molecule has 0 bridgehead atoms. The summed E-state index contributed by atoms with van der Waals surface area (Å²) in [6.45, 7) is -0.273. The summed E-state index contributed by atoms with van der Waals surface area (Å²) in [6, 6.07) is 14.4. The number of esters is 1. The first-order valence-corrected chi connectivity index (χ1v) is 8.51. The zero-order valence-corrected chi connectivity index (χ0v) is 14.3. The van der Waals surface area contributed by atoms with E-state index < -0.39 is 5.97 Å². The fourth-order valence-corrected chi connectivity index (χ4v) is 2.33. The zero-order chi connectivity index (χ0) is 17.4. The zero-order valence-electron chi connectivity index (χ0n) is 13.5. The van der Waals surface area contributed by atoms with Gasteiger partial charge in [0.1, 0.15) is 5.75 Å². The van der Waals surface area contributed by atoms with Gasteiger partial charge in [-0.2, -0.15) is 0 Å². The molecular weight excluding hydrogens is 324 g/mol. The lowest BCUT2D eigenvalue weighted by Gasteiger charge is -2.03. The van der Waals surface area contributed by atoms with Gasteiger partial charge in [-0.05, 0) is 42.2 Å². The van der Waals surface area contributed by atoms with Crippen molar-refractivity contribution in [2.24, 2.45) is 0 Å². The van der Waals surface area contributed by atoms with Crippen molar-refractivity contribution in [2.45, 2.75) is 4.90 Å². The second-order valence-corrected chi connectivity index (χ2v) is 5.75. The first kappa shape index (κ1) is 17.8. The maximum Gasteiger partial charge on any atom is 0.331 e. The van der Waals surface area contributed by atoms with Crippen LogP contribution in [0.25, 0.3) is 6.08 Å². The molecule has 124 valence electrons. The predicted molar refractivity (Wildman–Crippen MR) is 95.5 cm³/mol. The molecule has 24 heavy (non-hydrogen) atoms. The van der Waals surface area contributed by atoms with Crippen molar-refractivity contribution in [1.29, 1.82) is 0 Å². The van der Waals surface area contributed by atoms with Crippen LogP contribution in [0.15, 0.2) is 59.5 Å². The molecule has 2 aromatic carbocycles. The average Bonchev–Trinajstić information content (AvgIpc) is 2.64. The number of rotatable bonds is 7. The summed E-state index contributed by atoms with van der Waals surface area (Å²) in [6.07, 6.45) is 4.89. The molecule has 0 unspecified atom stereocenters. The maximum atomic E-state index is 12.0. The second-order valence-electron chi connectivity index (χ2n) is 4.87. The van der Waals surface area contributed by atoms with E-state index in [4.69, 9.17) is 9.47 Å². The lowest BCUT2D eigenvalue weighted by atomic mass is 10.1. The van der Waals surface area contributed by atoms with Gasteiger partial charge >= 0.3 is 5.97 Å². The number of thioether (sulfide) groups is 1. The van der Waals surface area contributed by atoms with Gasteiger partial charge in [0.05, 0.1) is 7.11 Å². The molecule has 0 atom stereocenters. The molecule has 5 heteroatoms. The highest BCUT2D eigenvalue weighted by molar-refractivity contribution is 7.98. The Morgan fingerprint density at radius 3 is 2.29 bits per heavy atom. The number of benzene rings is 2. The van der Waals surface area contributed by atoms with Gasteiger partial charge in [0.15, 0.2) is 12.4 Å². The Morgan fingerprint density at radius 2 is 1.71 bits per heavy atom. The highest BCUT2D eigenvalue weighted by atomic mass is 32.2. The van der Waals surface area contributed by atoms with Crippen LogP contribution in [-0.2, 0) is 9.53 Å². The third-order valence-corrected chi connectivity index (χ3v) is 4.03. The Morgan fingerprint density at radius 1 is 1.04 bits per heavy atom. The standard InChI is InChI=1S/C19H18O4S/c1-22-16-8-3-14(4-9-16)5-12-19(21)23-13-18(20)15-6-10-17(24-2)11-7-15/h3-12H,13H2,1-2H3/b12-5+. The Labute approximate surface area is 145 Å². The highest BCUT2D eigenvalue weighted by Gasteiger charge is 2.08. The van der Waals surface area contributed by atoms with Crippen molar-refractivity contribution >= 4 is 29.6 Å². The molecule has 0 spiro atoms. The third-order valence-electron chi connectivity index (χ3n) is 3.29. The molecule has 0 aliphatic rings. The van der Waals surface area contributed by atoms with E-state index in [0.717, 1.165) is 16.2 Å². The lowest BCUT2D eigenvalue weighted by Crippen LogP contribution is -2.12. The van der Waals surface area contributed by atoms with Gasteiger partial charge in [-0.25, -0.2) is 4.79 Å². The molecule has 4 nitrogen and oxygen atoms in total. The molecule has 0 heterocycles. The van der Waals surface area contributed by atoms with Crippen LogP contribution < -0.4 is 4.74 Å². The van der Waals surface area contributed by atoms with Gasteiger partial charge < -0.3 is 9.47 Å². The molecule has 0 radical (unpaired) electrons. The molecule has 2 aromatic rings. The molecule has 0 amide bonds. The summed E-state index contributed by atoms with van der Waals surface area (Å²) in [5.41, 5.74) is 1.37. The molecule has 0 saturated heterocycles. The summed E-state index contributed by atoms with van der Waals surface area (Å²) in [7, 11) is 1.59. The predicted octanol–water partition coefficient (Wildman–Crippen LogP) is 3.86. The van der Waals surface area contributed by atoms with E-state index in [9.17, 15) is 9.59 Å². The van der Waals surface area contributed by atoms with Crippen LogP contribution in [0.4, 0.5) is 0 Å². The number of hydrogen-bond acceptors (Lipinski definition) is 5. The minimum atomic E-state index is -0.556. The van der Waals surface area contributed by atoms with Crippen LogP contribution in [0.1, 0.15) is 15.9 Å². The van der Waals surface area contributed by atoms with E-state index in [1.807, 2.05) is 30.5 Å². The number of carbonyl (C=O) groups excluding carboxylic acids is 2. The minimum Gasteiger partial charge on any atom is -0.497 e. The lowest BCUT2D eigenvalue weighted by molar-refractivity contribution is -0.136. The normalized spacial score (nSPS) is 10.6. The number of methoxy groups -OCH3 is 1. The van der Waals surface area contributed by atoms with E-state index in [-0.39, 0.29) is 12.4 Å². The minimum absolute atomic E-state index is 0.228. The Hall–Kier alpha value is -2.53. The SMILES string of the molecule is COc1ccc(/C=C/C(=O)OCC(=O)c2ccc(SC)cc2)cc1. The van der Waals surface area contributed by atoms with Crippen molar-refractivity contribution in [3.8, 4) is 5.75 Å². The molecule has 0 N–H and O–H groups in total. The van der Waals surface area contributed by atoms with Crippen LogP contribution in [0, 0.1) is 0 Å². The highest BCUT2D eigenvalue weighted by Crippen LogP contribution is 2.15. The van der Waals surface area contributed by atoms with Crippen molar-refractivity contribution in [1.82, 2.24) is 0 Å². The van der Waals surface area contributed by atoms with E-state index in [1.165, 1.54) is 6.08 Å². The monoisotopic (exact) mass is 342 g/mol. The summed E-state index contributed by atoms with van der Waals surface area (Å²) >= 11 is 1.60. The van der Waals surface area contributed by atoms with Gasteiger partial charge in [0, 0.05) is 16.5 Å². The second kappa shape index (κ2) is 8.93. The first-order valence-electron chi connectivity index (χ1n) is 7.28. The third kappa shape index (κ3) is 5.28. The molecule has 0 aromatic heterocycles. The molecule has 0 aliphatic heterocycles. The number of Topliss-reactive ketones (excluding diaryl/α,β-unsaturated/α-hetero) is 1. The molecular formula is C19H18O4S. The molecule has 2 rings (SSSR count). The van der Waals surface area contributed by atoms with E-state index in [2.05, 4.69) is 0 Å². The quantitative estimate of drug-likeness (QED) is 0.331. The fraction of sp³-hybridized carbons (Fsp3) is 0.158. The van der Waals surface area contributed by atoms with Gasteiger partial charge in [-0.3, -0.25) is 4.79 Å². The molecule has 0 aliphatic carbocycles. The van der Waals surface area contributed by atoms with Crippen LogP contribution in [0.2, 0.25) is 0 Å². The fourth-order valence-electron chi connectivity index (χ4n) is 1.92. The van der Waals surface area contributed by atoms with Gasteiger partial charge in [-0.15, -0.1) is 11.8 Å². The topological polar surface area (TPSA) is 52.6 Å². The summed E-state index contributed by atoms with van der Waals surface area (Å²) < 4.78 is 10.0. The van der Waals surface area contributed by atoms with Gasteiger partial charge in [-0.1, -0.05) is 24.3 Å².